The van der Waals surface area contributed by atoms with Crippen LogP contribution in [0.2, 0.25) is 5.02 Å². The van der Waals surface area contributed by atoms with E-state index in [1.165, 1.54) is 6.92 Å². The molecule has 2 N–H and O–H groups in total. The maximum atomic E-state index is 12.5. The van der Waals surface area contributed by atoms with Crippen molar-refractivity contribution in [2.24, 2.45) is 0 Å². The first kappa shape index (κ1) is 8.14. The molecule has 0 saturated heterocycles. The number of rotatable bonds is 0. The molecule has 0 aliphatic rings. The fraction of sp³-hybridized carbons (Fsp3) is 0.143. The van der Waals surface area contributed by atoms with Crippen LogP contribution < -0.4 is 0 Å². The Morgan fingerprint density at radius 1 is 1.36 bits per heavy atom. The van der Waals surface area contributed by atoms with Gasteiger partial charge in [0.1, 0.15) is 0 Å². The Hall–Kier alpha value is -0.960. The van der Waals surface area contributed by atoms with Gasteiger partial charge in [-0.3, -0.25) is 0 Å². The lowest BCUT2D eigenvalue weighted by atomic mass is 10.2. The zero-order chi connectivity index (χ0) is 8.59. The Morgan fingerprint density at radius 3 is 2.45 bits per heavy atom. The maximum Gasteiger partial charge on any atom is 0.194 e. The van der Waals surface area contributed by atoms with E-state index in [1.807, 2.05) is 0 Å². The van der Waals surface area contributed by atoms with Crippen LogP contribution in [0.15, 0.2) is 6.07 Å². The monoisotopic (exact) mass is 176 g/mol. The van der Waals surface area contributed by atoms with Crippen LogP contribution in [0, 0.1) is 12.7 Å². The topological polar surface area (TPSA) is 40.5 Å². The number of halogens is 2. The molecule has 0 unspecified atom stereocenters. The highest BCUT2D eigenvalue weighted by Gasteiger charge is 2.12. The third-order valence-electron chi connectivity index (χ3n) is 1.42. The highest BCUT2D eigenvalue weighted by molar-refractivity contribution is 6.31. The Morgan fingerprint density at radius 2 is 1.91 bits per heavy atom. The van der Waals surface area contributed by atoms with Crippen LogP contribution in [0.3, 0.4) is 0 Å². The van der Waals surface area contributed by atoms with Gasteiger partial charge in [0.25, 0.3) is 0 Å². The van der Waals surface area contributed by atoms with Crippen molar-refractivity contribution in [3.63, 3.8) is 0 Å². The summed E-state index contributed by atoms with van der Waals surface area (Å²) in [6.45, 7) is 1.48. The quantitative estimate of drug-likeness (QED) is 0.595. The molecule has 0 spiro atoms. The number of phenols is 2. The van der Waals surface area contributed by atoms with E-state index >= 15 is 0 Å². The highest BCUT2D eigenvalue weighted by Crippen LogP contribution is 2.35. The van der Waals surface area contributed by atoms with Gasteiger partial charge in [-0.25, -0.2) is 4.39 Å². The summed E-state index contributed by atoms with van der Waals surface area (Å²) in [6, 6.07) is 0.950. The van der Waals surface area contributed by atoms with Gasteiger partial charge in [-0.15, -0.1) is 0 Å². The van der Waals surface area contributed by atoms with Gasteiger partial charge in [0.2, 0.25) is 0 Å². The average molecular weight is 177 g/mol. The molecule has 1 aromatic rings. The second-order valence-corrected chi connectivity index (χ2v) is 2.57. The molecule has 0 aliphatic carbocycles. The van der Waals surface area contributed by atoms with Crippen molar-refractivity contribution in [1.29, 1.82) is 0 Å². The third-order valence-corrected chi connectivity index (χ3v) is 1.81. The summed E-state index contributed by atoms with van der Waals surface area (Å²) in [7, 11) is 0. The Bertz CT molecular complexity index is 273. The Kier molecular flexibility index (Phi) is 1.91. The summed E-state index contributed by atoms with van der Waals surface area (Å²) < 4.78 is 12.5. The summed E-state index contributed by atoms with van der Waals surface area (Å²) in [6.07, 6.45) is 0. The average Bonchev–Trinajstić information content (AvgIpc) is 1.97. The van der Waals surface area contributed by atoms with E-state index in [4.69, 9.17) is 21.8 Å². The van der Waals surface area contributed by atoms with Crippen LogP contribution >= 0.6 is 11.6 Å². The van der Waals surface area contributed by atoms with Gasteiger partial charge >= 0.3 is 0 Å². The Balaban J connectivity index is 3.46. The molecule has 0 heterocycles. The summed E-state index contributed by atoms with van der Waals surface area (Å²) in [4.78, 5) is 0. The van der Waals surface area contributed by atoms with E-state index in [1.54, 1.807) is 0 Å². The number of hydrogen-bond acceptors (Lipinski definition) is 2. The van der Waals surface area contributed by atoms with E-state index in [9.17, 15) is 4.39 Å². The van der Waals surface area contributed by atoms with Crippen molar-refractivity contribution < 1.29 is 14.6 Å². The molecule has 0 aliphatic heterocycles. The molecular formula is C7H6ClFO2. The van der Waals surface area contributed by atoms with E-state index < -0.39 is 17.3 Å². The molecule has 2 nitrogen and oxygen atoms in total. The van der Waals surface area contributed by atoms with Gasteiger partial charge in [-0.1, -0.05) is 11.6 Å². The molecule has 0 amide bonds. The number of phenolic OH excluding ortho intramolecular Hbond substituents is 2. The summed E-state index contributed by atoms with van der Waals surface area (Å²) in [5.41, 5.74) is 0.269. The van der Waals surface area contributed by atoms with Crippen molar-refractivity contribution >= 4 is 11.6 Å². The molecule has 1 rings (SSSR count). The van der Waals surface area contributed by atoms with Crippen molar-refractivity contribution in [2.45, 2.75) is 6.92 Å². The van der Waals surface area contributed by atoms with E-state index in [2.05, 4.69) is 0 Å². The van der Waals surface area contributed by atoms with Gasteiger partial charge in [0.05, 0.1) is 5.02 Å². The van der Waals surface area contributed by atoms with Crippen LogP contribution in [0.1, 0.15) is 5.56 Å². The first-order valence-corrected chi connectivity index (χ1v) is 3.28. The van der Waals surface area contributed by atoms with Gasteiger partial charge in [-0.2, -0.15) is 0 Å². The number of hydrogen-bond donors (Lipinski definition) is 2. The maximum absolute atomic E-state index is 12.5. The molecule has 4 heteroatoms. The van der Waals surface area contributed by atoms with E-state index in [-0.39, 0.29) is 10.6 Å². The predicted octanol–water partition coefficient (Wildman–Crippen LogP) is 2.20. The molecule has 0 saturated carbocycles. The largest absolute Gasteiger partial charge is 0.504 e. The first-order chi connectivity index (χ1) is 5.04. The lowest BCUT2D eigenvalue weighted by Crippen LogP contribution is -1.82. The first-order valence-electron chi connectivity index (χ1n) is 2.90. The van der Waals surface area contributed by atoms with E-state index in [0.717, 1.165) is 6.07 Å². The molecule has 0 radical (unpaired) electrons. The summed E-state index contributed by atoms with van der Waals surface area (Å²) in [5.74, 6) is -2.18. The smallest absolute Gasteiger partial charge is 0.194 e. The third kappa shape index (κ3) is 1.24. The fourth-order valence-electron chi connectivity index (χ4n) is 0.692. The van der Waals surface area contributed by atoms with Gasteiger partial charge in [-0.05, 0) is 13.0 Å². The SMILES string of the molecule is Cc1c(Cl)cc(F)c(O)c1O. The standard InChI is InChI=1S/C7H6ClFO2/c1-3-4(8)2-5(9)7(11)6(3)10/h2,10-11H,1H3. The lowest BCUT2D eigenvalue weighted by molar-refractivity contribution is 0.377. The Labute approximate surface area is 67.9 Å². The van der Waals surface area contributed by atoms with Crippen LogP contribution in [-0.2, 0) is 0 Å². The second kappa shape index (κ2) is 2.58. The lowest BCUT2D eigenvalue weighted by Gasteiger charge is -2.03. The minimum Gasteiger partial charge on any atom is -0.504 e. The minimum absolute atomic E-state index is 0.0952. The minimum atomic E-state index is -0.918. The van der Waals surface area contributed by atoms with Crippen molar-refractivity contribution in [2.75, 3.05) is 0 Å². The molecule has 0 aromatic heterocycles. The molecular weight excluding hydrogens is 171 g/mol. The highest BCUT2D eigenvalue weighted by atomic mass is 35.5. The van der Waals surface area contributed by atoms with Gasteiger partial charge < -0.3 is 10.2 Å². The number of benzene rings is 1. The zero-order valence-corrected chi connectivity index (χ0v) is 6.48. The second-order valence-electron chi connectivity index (χ2n) is 2.16. The van der Waals surface area contributed by atoms with Crippen molar-refractivity contribution in [1.82, 2.24) is 0 Å². The number of aromatic hydroxyl groups is 2. The molecule has 0 fully saturated rings. The molecule has 0 bridgehead atoms. The van der Waals surface area contributed by atoms with Crippen molar-refractivity contribution in [3.05, 3.63) is 22.5 Å². The molecule has 1 aromatic carbocycles. The predicted molar refractivity (Wildman–Crippen MR) is 39.5 cm³/mol. The zero-order valence-electron chi connectivity index (χ0n) is 5.73. The normalized spacial score (nSPS) is 10.1. The summed E-state index contributed by atoms with van der Waals surface area (Å²) >= 11 is 5.48. The fourth-order valence-corrected chi connectivity index (χ4v) is 0.877. The van der Waals surface area contributed by atoms with Gasteiger partial charge in [0.15, 0.2) is 17.3 Å². The molecule has 11 heavy (non-hydrogen) atoms. The molecule has 60 valence electrons. The van der Waals surface area contributed by atoms with Crippen LogP contribution in [0.5, 0.6) is 11.5 Å². The van der Waals surface area contributed by atoms with E-state index in [0.29, 0.717) is 0 Å². The molecule has 0 atom stereocenters. The van der Waals surface area contributed by atoms with Crippen LogP contribution in [0.4, 0.5) is 4.39 Å². The van der Waals surface area contributed by atoms with Crippen molar-refractivity contribution in [3.8, 4) is 11.5 Å². The summed E-state index contributed by atoms with van der Waals surface area (Å²) in [5, 5.41) is 17.9. The van der Waals surface area contributed by atoms with Crippen LogP contribution in [-0.4, -0.2) is 10.2 Å². The van der Waals surface area contributed by atoms with Gasteiger partial charge in [0, 0.05) is 5.56 Å². The van der Waals surface area contributed by atoms with Crippen LogP contribution in [0.25, 0.3) is 0 Å².